The normalized spacial score (nSPS) is 23.9. The molecule has 0 bridgehead atoms. The van der Waals surface area contributed by atoms with Crippen LogP contribution in [0, 0.1) is 0 Å². The average molecular weight is 247 g/mol. The molecule has 0 saturated heterocycles. The lowest BCUT2D eigenvalue weighted by Crippen LogP contribution is -2.45. The maximum Gasteiger partial charge on any atom is 0.122 e. The smallest absolute Gasteiger partial charge is 0.122 e. The molecule has 1 aromatic rings. The molecule has 1 saturated carbocycles. The van der Waals surface area contributed by atoms with Crippen molar-refractivity contribution in [2.75, 3.05) is 6.54 Å². The Hall–Kier alpha value is -1.02. The molecule has 2 atom stereocenters. The molecule has 2 nitrogen and oxygen atoms in total. The van der Waals surface area contributed by atoms with Gasteiger partial charge >= 0.3 is 0 Å². The number of likely N-dealkylation sites (N-methyl/N-ethyl adjacent to an activating group) is 1. The van der Waals surface area contributed by atoms with Gasteiger partial charge in [-0.2, -0.15) is 0 Å². The Bertz CT molecular complexity index is 362. The first-order chi connectivity index (χ1) is 8.85. The highest BCUT2D eigenvalue weighted by molar-refractivity contribution is 5.33. The molecule has 2 unspecified atom stereocenters. The van der Waals surface area contributed by atoms with E-state index in [1.165, 1.54) is 31.2 Å². The van der Waals surface area contributed by atoms with Gasteiger partial charge in [-0.3, -0.25) is 0 Å². The lowest BCUT2D eigenvalue weighted by atomic mass is 9.92. The molecule has 0 aromatic heterocycles. The summed E-state index contributed by atoms with van der Waals surface area (Å²) in [5.74, 6) is 1.08. The van der Waals surface area contributed by atoms with Crippen molar-refractivity contribution in [1.29, 1.82) is 0 Å². The standard InChI is InChI=1S/C16H25NO/c1-3-13-9-5-7-11-15(13)18-16-12-8-6-10-14(16)17-4-2/h5,7,9,11,14,16-17H,3-4,6,8,10,12H2,1-2H3. The summed E-state index contributed by atoms with van der Waals surface area (Å²) in [7, 11) is 0. The van der Waals surface area contributed by atoms with Gasteiger partial charge in [-0.1, -0.05) is 38.5 Å². The molecule has 0 amide bonds. The predicted molar refractivity (Wildman–Crippen MR) is 76.2 cm³/mol. The Kier molecular flexibility index (Phi) is 5.06. The van der Waals surface area contributed by atoms with Crippen molar-refractivity contribution >= 4 is 0 Å². The topological polar surface area (TPSA) is 21.3 Å². The zero-order valence-corrected chi connectivity index (χ0v) is 11.6. The number of hydrogen-bond donors (Lipinski definition) is 1. The van der Waals surface area contributed by atoms with E-state index in [2.05, 4.69) is 43.4 Å². The lowest BCUT2D eigenvalue weighted by molar-refractivity contribution is 0.114. The third-order valence-electron chi connectivity index (χ3n) is 3.80. The first-order valence-electron chi connectivity index (χ1n) is 7.33. The summed E-state index contributed by atoms with van der Waals surface area (Å²) in [6.45, 7) is 5.39. The quantitative estimate of drug-likeness (QED) is 0.859. The van der Waals surface area contributed by atoms with Crippen molar-refractivity contribution in [3.05, 3.63) is 29.8 Å². The fourth-order valence-corrected chi connectivity index (χ4v) is 2.81. The molecule has 1 fully saturated rings. The molecule has 0 radical (unpaired) electrons. The van der Waals surface area contributed by atoms with Crippen molar-refractivity contribution in [1.82, 2.24) is 5.32 Å². The molecule has 0 aliphatic heterocycles. The Labute approximate surface area is 111 Å². The number of nitrogens with one attached hydrogen (secondary N) is 1. The number of ether oxygens (including phenoxy) is 1. The molecular formula is C16H25NO. The molecular weight excluding hydrogens is 222 g/mol. The van der Waals surface area contributed by atoms with Gasteiger partial charge in [0, 0.05) is 6.04 Å². The van der Waals surface area contributed by atoms with Gasteiger partial charge in [0.25, 0.3) is 0 Å². The van der Waals surface area contributed by atoms with Crippen LogP contribution in [-0.2, 0) is 6.42 Å². The maximum atomic E-state index is 6.28. The molecule has 2 rings (SSSR count). The van der Waals surface area contributed by atoms with Crippen LogP contribution in [0.1, 0.15) is 45.1 Å². The molecule has 0 heterocycles. The largest absolute Gasteiger partial charge is 0.489 e. The SMILES string of the molecule is CCNC1CCCCC1Oc1ccccc1CC. The van der Waals surface area contributed by atoms with E-state index in [9.17, 15) is 0 Å². The van der Waals surface area contributed by atoms with Crippen LogP contribution in [0.4, 0.5) is 0 Å². The monoisotopic (exact) mass is 247 g/mol. The minimum atomic E-state index is 0.339. The predicted octanol–water partition coefficient (Wildman–Crippen LogP) is 3.55. The van der Waals surface area contributed by atoms with Crippen LogP contribution in [0.2, 0.25) is 0 Å². The molecule has 18 heavy (non-hydrogen) atoms. The minimum Gasteiger partial charge on any atom is -0.489 e. The highest BCUT2D eigenvalue weighted by atomic mass is 16.5. The van der Waals surface area contributed by atoms with E-state index in [1.807, 2.05) is 0 Å². The van der Waals surface area contributed by atoms with Gasteiger partial charge in [0.05, 0.1) is 0 Å². The third kappa shape index (κ3) is 3.26. The van der Waals surface area contributed by atoms with Crippen LogP contribution in [0.25, 0.3) is 0 Å². The van der Waals surface area contributed by atoms with Crippen LogP contribution in [-0.4, -0.2) is 18.7 Å². The second kappa shape index (κ2) is 6.79. The van der Waals surface area contributed by atoms with E-state index in [1.54, 1.807) is 0 Å². The van der Waals surface area contributed by atoms with E-state index in [0.29, 0.717) is 12.1 Å². The number of aryl methyl sites for hydroxylation is 1. The van der Waals surface area contributed by atoms with Crippen molar-refractivity contribution in [2.45, 2.75) is 58.1 Å². The number of benzene rings is 1. The van der Waals surface area contributed by atoms with Crippen molar-refractivity contribution in [3.63, 3.8) is 0 Å². The number of rotatable bonds is 5. The summed E-state index contributed by atoms with van der Waals surface area (Å²) in [5, 5.41) is 3.57. The van der Waals surface area contributed by atoms with Gasteiger partial charge in [-0.15, -0.1) is 0 Å². The van der Waals surface area contributed by atoms with Crippen molar-refractivity contribution in [3.8, 4) is 5.75 Å². The number of para-hydroxylation sites is 1. The summed E-state index contributed by atoms with van der Waals surface area (Å²) in [5.41, 5.74) is 1.32. The second-order valence-corrected chi connectivity index (χ2v) is 5.07. The molecule has 0 spiro atoms. The zero-order valence-electron chi connectivity index (χ0n) is 11.6. The Balaban J connectivity index is 2.05. The summed E-state index contributed by atoms with van der Waals surface area (Å²) in [6.07, 6.45) is 6.41. The van der Waals surface area contributed by atoms with Crippen molar-refractivity contribution in [2.24, 2.45) is 0 Å². The first kappa shape index (κ1) is 13.4. The van der Waals surface area contributed by atoms with Crippen LogP contribution < -0.4 is 10.1 Å². The highest BCUT2D eigenvalue weighted by Gasteiger charge is 2.26. The van der Waals surface area contributed by atoms with Gasteiger partial charge < -0.3 is 10.1 Å². The maximum absolute atomic E-state index is 6.28. The van der Waals surface area contributed by atoms with Crippen LogP contribution in [0.15, 0.2) is 24.3 Å². The van der Waals surface area contributed by atoms with Gasteiger partial charge in [0.15, 0.2) is 0 Å². The fourth-order valence-electron chi connectivity index (χ4n) is 2.81. The second-order valence-electron chi connectivity index (χ2n) is 5.07. The van der Waals surface area contributed by atoms with Gasteiger partial charge in [-0.05, 0) is 43.9 Å². The third-order valence-corrected chi connectivity index (χ3v) is 3.80. The molecule has 1 N–H and O–H groups in total. The van der Waals surface area contributed by atoms with Gasteiger partial charge in [0.1, 0.15) is 11.9 Å². The Morgan fingerprint density at radius 2 is 1.94 bits per heavy atom. The minimum absolute atomic E-state index is 0.339. The Morgan fingerprint density at radius 3 is 2.72 bits per heavy atom. The molecule has 2 heteroatoms. The van der Waals surface area contributed by atoms with E-state index < -0.39 is 0 Å². The van der Waals surface area contributed by atoms with E-state index in [-0.39, 0.29) is 0 Å². The molecule has 1 aliphatic rings. The molecule has 100 valence electrons. The van der Waals surface area contributed by atoms with E-state index in [0.717, 1.165) is 18.7 Å². The molecule has 1 aliphatic carbocycles. The molecule has 1 aromatic carbocycles. The zero-order chi connectivity index (χ0) is 12.8. The number of hydrogen-bond acceptors (Lipinski definition) is 2. The Morgan fingerprint density at radius 1 is 1.17 bits per heavy atom. The van der Waals surface area contributed by atoms with E-state index in [4.69, 9.17) is 4.74 Å². The summed E-state index contributed by atoms with van der Waals surface area (Å²) < 4.78 is 6.28. The highest BCUT2D eigenvalue weighted by Crippen LogP contribution is 2.26. The summed E-state index contributed by atoms with van der Waals surface area (Å²) in [6, 6.07) is 8.96. The first-order valence-corrected chi connectivity index (χ1v) is 7.33. The van der Waals surface area contributed by atoms with Crippen LogP contribution in [0.3, 0.4) is 0 Å². The van der Waals surface area contributed by atoms with Gasteiger partial charge in [0.2, 0.25) is 0 Å². The van der Waals surface area contributed by atoms with E-state index >= 15 is 0 Å². The fraction of sp³-hybridized carbons (Fsp3) is 0.625. The van der Waals surface area contributed by atoms with Crippen LogP contribution >= 0.6 is 0 Å². The van der Waals surface area contributed by atoms with Crippen molar-refractivity contribution < 1.29 is 4.74 Å². The summed E-state index contributed by atoms with van der Waals surface area (Å²) in [4.78, 5) is 0. The average Bonchev–Trinajstić information content (AvgIpc) is 2.42. The van der Waals surface area contributed by atoms with Crippen LogP contribution in [0.5, 0.6) is 5.75 Å². The lowest BCUT2D eigenvalue weighted by Gasteiger charge is -2.33. The van der Waals surface area contributed by atoms with Gasteiger partial charge in [-0.25, -0.2) is 0 Å². The summed E-state index contributed by atoms with van der Waals surface area (Å²) >= 11 is 0.